The van der Waals surface area contributed by atoms with Gasteiger partial charge in [0.1, 0.15) is 10.7 Å². The summed E-state index contributed by atoms with van der Waals surface area (Å²) in [6, 6.07) is 5.26. The summed E-state index contributed by atoms with van der Waals surface area (Å²) in [6.45, 7) is 1.58. The molecule has 0 aliphatic rings. The maximum absolute atomic E-state index is 13.0. The number of hydrogen-bond donors (Lipinski definition) is 1. The molecule has 8 heteroatoms. The number of aromatic nitrogens is 2. The lowest BCUT2D eigenvalue weighted by atomic mass is 9.98. The van der Waals surface area contributed by atoms with Crippen molar-refractivity contribution < 1.29 is 14.4 Å². The minimum atomic E-state index is -0.556. The van der Waals surface area contributed by atoms with Crippen LogP contribution in [0.3, 0.4) is 0 Å². The fourth-order valence-electron chi connectivity index (χ4n) is 3.10. The Balaban J connectivity index is 1.63. The monoisotopic (exact) mass is 429 g/mol. The highest BCUT2D eigenvalue weighted by Gasteiger charge is 2.22. The number of Topliss-reactive ketones (excluding diaryl/α,β-unsaturated/α-hetero) is 2. The van der Waals surface area contributed by atoms with E-state index in [9.17, 15) is 14.4 Å². The van der Waals surface area contributed by atoms with Gasteiger partial charge >= 0.3 is 0 Å². The first-order chi connectivity index (χ1) is 14.0. The molecule has 0 aliphatic carbocycles. The summed E-state index contributed by atoms with van der Waals surface area (Å²) in [5.74, 6) is -0.111. The molecule has 1 aromatic carbocycles. The second-order valence-electron chi connectivity index (χ2n) is 6.99. The third kappa shape index (κ3) is 6.27. The molecule has 1 atom stereocenters. The van der Waals surface area contributed by atoms with Gasteiger partial charge in [-0.05, 0) is 37.5 Å². The summed E-state index contributed by atoms with van der Waals surface area (Å²) >= 11 is 2.79. The van der Waals surface area contributed by atoms with Crippen LogP contribution >= 0.6 is 22.7 Å². The molecule has 1 amide bonds. The van der Waals surface area contributed by atoms with E-state index in [1.165, 1.54) is 17.5 Å². The lowest BCUT2D eigenvalue weighted by Crippen LogP contribution is -2.41. The predicted molar refractivity (Wildman–Crippen MR) is 115 cm³/mol. The fourth-order valence-corrected chi connectivity index (χ4v) is 4.37. The molecule has 0 saturated carbocycles. The SMILES string of the molecule is CC(=O)CCCCC[C@H](NC(=O)c1cncs1)C(=O)Cc1ccc2ncsc2c1. The van der Waals surface area contributed by atoms with Crippen LogP contribution in [0.4, 0.5) is 0 Å². The van der Waals surface area contributed by atoms with E-state index < -0.39 is 6.04 Å². The number of amides is 1. The first kappa shape index (κ1) is 21.3. The van der Waals surface area contributed by atoms with Gasteiger partial charge < -0.3 is 10.1 Å². The van der Waals surface area contributed by atoms with Gasteiger partial charge in [-0.3, -0.25) is 14.6 Å². The average molecular weight is 430 g/mol. The molecule has 1 N–H and O–H groups in total. The van der Waals surface area contributed by atoms with Gasteiger partial charge in [0.05, 0.1) is 33.5 Å². The van der Waals surface area contributed by atoms with Crippen LogP contribution in [0.1, 0.15) is 54.3 Å². The van der Waals surface area contributed by atoms with Gasteiger partial charge in [0.2, 0.25) is 0 Å². The normalized spacial score (nSPS) is 12.0. The minimum Gasteiger partial charge on any atom is -0.341 e. The summed E-state index contributed by atoms with van der Waals surface area (Å²) < 4.78 is 1.05. The van der Waals surface area contributed by atoms with Crippen LogP contribution in [0.15, 0.2) is 35.4 Å². The molecule has 2 heterocycles. The van der Waals surface area contributed by atoms with Crippen molar-refractivity contribution in [3.05, 3.63) is 45.9 Å². The molecule has 2 aromatic heterocycles. The highest BCUT2D eigenvalue weighted by Crippen LogP contribution is 2.20. The van der Waals surface area contributed by atoms with Crippen LogP contribution in [0, 0.1) is 0 Å². The molecular formula is C21H23N3O3S2. The number of unbranched alkanes of at least 4 members (excludes halogenated alkanes) is 2. The number of thiazole rings is 2. The Kier molecular flexibility index (Phi) is 7.60. The summed E-state index contributed by atoms with van der Waals surface area (Å²) in [5.41, 5.74) is 5.22. The van der Waals surface area contributed by atoms with Crippen LogP contribution in [0.25, 0.3) is 10.2 Å². The molecule has 3 rings (SSSR count). The molecule has 0 radical (unpaired) electrons. The van der Waals surface area contributed by atoms with Crippen LogP contribution in [0.2, 0.25) is 0 Å². The number of hydrogen-bond acceptors (Lipinski definition) is 7. The molecule has 0 unspecified atom stereocenters. The zero-order valence-electron chi connectivity index (χ0n) is 16.2. The van der Waals surface area contributed by atoms with Gasteiger partial charge in [0, 0.05) is 12.8 Å². The van der Waals surface area contributed by atoms with Crippen LogP contribution in [-0.2, 0) is 16.0 Å². The van der Waals surface area contributed by atoms with Crippen molar-refractivity contribution in [1.82, 2.24) is 15.3 Å². The van der Waals surface area contributed by atoms with Crippen LogP contribution in [-0.4, -0.2) is 33.5 Å². The second kappa shape index (κ2) is 10.4. The van der Waals surface area contributed by atoms with E-state index in [0.717, 1.165) is 35.0 Å². The van der Waals surface area contributed by atoms with Crippen molar-refractivity contribution in [2.45, 2.75) is 51.5 Å². The third-order valence-corrected chi connectivity index (χ3v) is 6.21. The molecule has 0 aliphatic heterocycles. The van der Waals surface area contributed by atoms with Gasteiger partial charge in [-0.1, -0.05) is 18.9 Å². The number of carbonyl (C=O) groups excluding carboxylic acids is 3. The van der Waals surface area contributed by atoms with E-state index in [1.54, 1.807) is 29.3 Å². The maximum atomic E-state index is 13.0. The van der Waals surface area contributed by atoms with E-state index in [0.29, 0.717) is 17.7 Å². The third-order valence-electron chi connectivity index (χ3n) is 4.65. The number of rotatable bonds is 11. The highest BCUT2D eigenvalue weighted by atomic mass is 32.1. The molecule has 152 valence electrons. The zero-order chi connectivity index (χ0) is 20.6. The van der Waals surface area contributed by atoms with Gasteiger partial charge in [0.25, 0.3) is 5.91 Å². The standard InChI is InChI=1S/C21H23N3O3S2/c1-14(25)5-3-2-4-6-16(24-21(27)20-11-22-12-28-20)18(26)9-15-7-8-17-19(10-15)29-13-23-17/h7-8,10-13,16H,2-6,9H2,1H3,(H,24,27)/t16-/m0/s1. The summed E-state index contributed by atoms with van der Waals surface area (Å²) in [4.78, 5) is 45.2. The topological polar surface area (TPSA) is 89.0 Å². The average Bonchev–Trinajstić information content (AvgIpc) is 3.37. The van der Waals surface area contributed by atoms with Crippen molar-refractivity contribution in [3.63, 3.8) is 0 Å². The Morgan fingerprint density at radius 1 is 1.10 bits per heavy atom. The van der Waals surface area contributed by atoms with Gasteiger partial charge in [-0.25, -0.2) is 4.98 Å². The smallest absolute Gasteiger partial charge is 0.263 e. The van der Waals surface area contributed by atoms with E-state index in [4.69, 9.17) is 0 Å². The maximum Gasteiger partial charge on any atom is 0.263 e. The van der Waals surface area contributed by atoms with Crippen molar-refractivity contribution in [2.24, 2.45) is 0 Å². The van der Waals surface area contributed by atoms with E-state index >= 15 is 0 Å². The molecule has 0 bridgehead atoms. The summed E-state index contributed by atoms with van der Waals surface area (Å²) in [7, 11) is 0. The number of nitrogens with zero attached hydrogens (tertiary/aromatic N) is 2. The zero-order valence-corrected chi connectivity index (χ0v) is 17.9. The van der Waals surface area contributed by atoms with Gasteiger partial charge in [-0.15, -0.1) is 22.7 Å². The van der Waals surface area contributed by atoms with E-state index in [-0.39, 0.29) is 23.9 Å². The Morgan fingerprint density at radius 2 is 1.97 bits per heavy atom. The van der Waals surface area contributed by atoms with Crippen molar-refractivity contribution in [2.75, 3.05) is 0 Å². The fraction of sp³-hybridized carbons (Fsp3) is 0.381. The quantitative estimate of drug-likeness (QED) is 0.461. The lowest BCUT2D eigenvalue weighted by Gasteiger charge is -2.17. The molecule has 0 saturated heterocycles. The number of carbonyl (C=O) groups is 3. The van der Waals surface area contributed by atoms with Gasteiger partial charge in [-0.2, -0.15) is 0 Å². The summed E-state index contributed by atoms with van der Waals surface area (Å²) in [5, 5.41) is 2.88. The molecule has 0 spiro atoms. The first-order valence-electron chi connectivity index (χ1n) is 9.56. The van der Waals surface area contributed by atoms with Crippen molar-refractivity contribution in [3.8, 4) is 0 Å². The van der Waals surface area contributed by atoms with Crippen molar-refractivity contribution >= 4 is 50.4 Å². The predicted octanol–water partition coefficient (Wildman–Crippen LogP) is 4.20. The van der Waals surface area contributed by atoms with Crippen molar-refractivity contribution in [1.29, 1.82) is 0 Å². The van der Waals surface area contributed by atoms with E-state index in [2.05, 4.69) is 15.3 Å². The van der Waals surface area contributed by atoms with E-state index in [1.807, 2.05) is 18.2 Å². The van der Waals surface area contributed by atoms with Gasteiger partial charge in [0.15, 0.2) is 5.78 Å². The summed E-state index contributed by atoms with van der Waals surface area (Å²) in [6.07, 6.45) is 5.32. The second-order valence-corrected chi connectivity index (χ2v) is 8.76. The molecule has 29 heavy (non-hydrogen) atoms. The Labute approximate surface area is 177 Å². The Hall–Kier alpha value is -2.45. The number of fused-ring (bicyclic) bond motifs is 1. The number of benzene rings is 1. The Bertz CT molecular complexity index is 982. The minimum absolute atomic E-state index is 0.0155. The number of nitrogens with one attached hydrogen (secondary N) is 1. The highest BCUT2D eigenvalue weighted by molar-refractivity contribution is 7.16. The molecular weight excluding hydrogens is 406 g/mol. The van der Waals surface area contributed by atoms with Crippen LogP contribution < -0.4 is 5.32 Å². The molecule has 6 nitrogen and oxygen atoms in total. The molecule has 0 fully saturated rings. The number of ketones is 2. The lowest BCUT2D eigenvalue weighted by molar-refractivity contribution is -0.120. The molecule has 3 aromatic rings. The van der Waals surface area contributed by atoms with Crippen LogP contribution in [0.5, 0.6) is 0 Å². The largest absolute Gasteiger partial charge is 0.341 e. The Morgan fingerprint density at radius 3 is 2.72 bits per heavy atom. The first-order valence-corrected chi connectivity index (χ1v) is 11.3.